The predicted octanol–water partition coefficient (Wildman–Crippen LogP) is 3.26. The molecule has 128 valence electrons. The van der Waals surface area contributed by atoms with Gasteiger partial charge in [0.2, 0.25) is 11.8 Å². The second-order valence-corrected chi connectivity index (χ2v) is 6.74. The Morgan fingerprint density at radius 2 is 1.76 bits per heavy atom. The van der Waals surface area contributed by atoms with Crippen molar-refractivity contribution in [3.8, 4) is 11.1 Å². The van der Waals surface area contributed by atoms with E-state index in [1.165, 1.54) is 16.7 Å². The van der Waals surface area contributed by atoms with Crippen molar-refractivity contribution < 1.29 is 9.59 Å². The van der Waals surface area contributed by atoms with Gasteiger partial charge in [-0.1, -0.05) is 42.5 Å². The molecule has 2 aliphatic heterocycles. The van der Waals surface area contributed by atoms with Gasteiger partial charge in [-0.15, -0.1) is 0 Å². The van der Waals surface area contributed by atoms with Gasteiger partial charge < -0.3 is 9.80 Å². The Kier molecular flexibility index (Phi) is 4.26. The molecule has 0 N–H and O–H groups in total. The van der Waals surface area contributed by atoms with E-state index in [4.69, 9.17) is 0 Å². The molecule has 0 atom stereocenters. The third-order valence-corrected chi connectivity index (χ3v) is 5.16. The Bertz CT molecular complexity index is 801. The van der Waals surface area contributed by atoms with Crippen LogP contribution in [0, 0.1) is 0 Å². The van der Waals surface area contributed by atoms with Crippen molar-refractivity contribution >= 4 is 17.5 Å². The van der Waals surface area contributed by atoms with Gasteiger partial charge in [-0.05, 0) is 42.0 Å². The van der Waals surface area contributed by atoms with Crippen molar-refractivity contribution in [3.05, 3.63) is 54.1 Å². The molecule has 0 bridgehead atoms. The van der Waals surface area contributed by atoms with Crippen molar-refractivity contribution in [2.24, 2.45) is 0 Å². The number of hydrogen-bond donors (Lipinski definition) is 0. The van der Waals surface area contributed by atoms with Crippen LogP contribution in [0.4, 0.5) is 5.69 Å². The zero-order valence-corrected chi connectivity index (χ0v) is 14.3. The summed E-state index contributed by atoms with van der Waals surface area (Å²) in [5, 5.41) is 0. The zero-order valence-electron chi connectivity index (χ0n) is 14.3. The number of rotatable bonds is 3. The second-order valence-electron chi connectivity index (χ2n) is 6.74. The smallest absolute Gasteiger partial charge is 0.246 e. The first-order valence-electron chi connectivity index (χ1n) is 8.99. The van der Waals surface area contributed by atoms with Crippen LogP contribution in [-0.4, -0.2) is 36.3 Å². The monoisotopic (exact) mass is 334 g/mol. The lowest BCUT2D eigenvalue weighted by atomic mass is 9.98. The van der Waals surface area contributed by atoms with Crippen LogP contribution in [0.1, 0.15) is 24.8 Å². The molecular weight excluding hydrogens is 312 g/mol. The van der Waals surface area contributed by atoms with Crippen molar-refractivity contribution in [1.82, 2.24) is 4.90 Å². The van der Waals surface area contributed by atoms with Crippen LogP contribution >= 0.6 is 0 Å². The largest absolute Gasteiger partial charge is 0.333 e. The van der Waals surface area contributed by atoms with Crippen LogP contribution in [0.5, 0.6) is 0 Å². The molecule has 0 spiro atoms. The fourth-order valence-electron chi connectivity index (χ4n) is 3.86. The zero-order chi connectivity index (χ0) is 17.2. The maximum atomic E-state index is 12.8. The lowest BCUT2D eigenvalue weighted by Gasteiger charge is -2.28. The van der Waals surface area contributed by atoms with Gasteiger partial charge in [0.25, 0.3) is 0 Å². The summed E-state index contributed by atoms with van der Waals surface area (Å²) in [6.45, 7) is 1.60. The lowest BCUT2D eigenvalue weighted by molar-refractivity contribution is -0.137. The van der Waals surface area contributed by atoms with Gasteiger partial charge in [0.05, 0.1) is 0 Å². The minimum atomic E-state index is 0.0270. The van der Waals surface area contributed by atoms with Crippen molar-refractivity contribution in [1.29, 1.82) is 0 Å². The first-order chi connectivity index (χ1) is 12.2. The van der Waals surface area contributed by atoms with Crippen molar-refractivity contribution in [2.75, 3.05) is 24.5 Å². The maximum absolute atomic E-state index is 12.8. The van der Waals surface area contributed by atoms with E-state index < -0.39 is 0 Å². The molecule has 2 amide bonds. The molecule has 0 unspecified atom stereocenters. The molecule has 2 aliphatic rings. The first kappa shape index (κ1) is 15.9. The Morgan fingerprint density at radius 1 is 0.920 bits per heavy atom. The molecule has 0 aromatic heterocycles. The number of hydrogen-bond acceptors (Lipinski definition) is 2. The van der Waals surface area contributed by atoms with Crippen LogP contribution in [0.2, 0.25) is 0 Å². The number of carbonyl (C=O) groups is 2. The van der Waals surface area contributed by atoms with E-state index in [2.05, 4.69) is 18.2 Å². The number of nitrogens with zero attached hydrogens (tertiary/aromatic N) is 2. The highest BCUT2D eigenvalue weighted by Gasteiger charge is 2.29. The highest BCUT2D eigenvalue weighted by Crippen LogP contribution is 2.36. The molecular formula is C21H22N2O2. The Balaban J connectivity index is 1.58. The highest BCUT2D eigenvalue weighted by atomic mass is 16.2. The van der Waals surface area contributed by atoms with Crippen LogP contribution in [0.15, 0.2) is 48.5 Å². The normalized spacial score (nSPS) is 16.9. The number of fused-ring (bicyclic) bond motifs is 1. The Labute approximate surface area is 148 Å². The molecule has 2 aromatic carbocycles. The molecule has 4 heteroatoms. The third-order valence-electron chi connectivity index (χ3n) is 5.16. The number of likely N-dealkylation sites (tertiary alicyclic amines) is 1. The summed E-state index contributed by atoms with van der Waals surface area (Å²) in [4.78, 5) is 28.4. The number of piperidine rings is 1. The summed E-state index contributed by atoms with van der Waals surface area (Å²) in [6.07, 6.45) is 3.37. The lowest BCUT2D eigenvalue weighted by Crippen LogP contribution is -2.44. The van der Waals surface area contributed by atoms with Crippen LogP contribution in [0.3, 0.4) is 0 Å². The van der Waals surface area contributed by atoms with Gasteiger partial charge >= 0.3 is 0 Å². The van der Waals surface area contributed by atoms with Crippen LogP contribution in [0.25, 0.3) is 11.1 Å². The van der Waals surface area contributed by atoms with Gasteiger partial charge in [-0.25, -0.2) is 0 Å². The average Bonchev–Trinajstić information content (AvgIpc) is 3.08. The van der Waals surface area contributed by atoms with Gasteiger partial charge in [0.15, 0.2) is 0 Å². The topological polar surface area (TPSA) is 40.6 Å². The maximum Gasteiger partial charge on any atom is 0.246 e. The summed E-state index contributed by atoms with van der Waals surface area (Å²) >= 11 is 0. The van der Waals surface area contributed by atoms with E-state index in [9.17, 15) is 9.59 Å². The van der Waals surface area contributed by atoms with Gasteiger partial charge in [0, 0.05) is 25.2 Å². The number of anilines is 1. The molecule has 1 fully saturated rings. The summed E-state index contributed by atoms with van der Waals surface area (Å²) in [7, 11) is 0. The third kappa shape index (κ3) is 3.04. The van der Waals surface area contributed by atoms with E-state index >= 15 is 0 Å². The van der Waals surface area contributed by atoms with E-state index in [1.54, 1.807) is 4.90 Å². The predicted molar refractivity (Wildman–Crippen MR) is 98.4 cm³/mol. The summed E-state index contributed by atoms with van der Waals surface area (Å²) < 4.78 is 0. The quantitative estimate of drug-likeness (QED) is 0.864. The Morgan fingerprint density at radius 3 is 2.56 bits per heavy atom. The number of carbonyl (C=O) groups excluding carboxylic acids is 2. The van der Waals surface area contributed by atoms with Crippen molar-refractivity contribution in [2.45, 2.75) is 25.7 Å². The minimum absolute atomic E-state index is 0.0270. The molecule has 4 nitrogen and oxygen atoms in total. The molecule has 1 saturated heterocycles. The molecule has 4 rings (SSSR count). The van der Waals surface area contributed by atoms with Gasteiger partial charge in [-0.3, -0.25) is 9.59 Å². The number of benzene rings is 2. The van der Waals surface area contributed by atoms with E-state index in [-0.39, 0.29) is 18.4 Å². The van der Waals surface area contributed by atoms with E-state index in [0.29, 0.717) is 19.5 Å². The highest BCUT2D eigenvalue weighted by molar-refractivity contribution is 5.99. The number of amides is 2. The molecule has 2 heterocycles. The van der Waals surface area contributed by atoms with Crippen LogP contribution < -0.4 is 4.90 Å². The van der Waals surface area contributed by atoms with Crippen molar-refractivity contribution in [3.63, 3.8) is 0 Å². The molecule has 2 aromatic rings. The summed E-state index contributed by atoms with van der Waals surface area (Å²) in [5.41, 5.74) is 4.60. The molecule has 0 saturated carbocycles. The van der Waals surface area contributed by atoms with Gasteiger partial charge in [0.1, 0.15) is 6.54 Å². The summed E-state index contributed by atoms with van der Waals surface area (Å²) in [5.74, 6) is 0.135. The fourth-order valence-corrected chi connectivity index (χ4v) is 3.86. The van der Waals surface area contributed by atoms with E-state index in [0.717, 1.165) is 24.9 Å². The molecule has 0 aliphatic carbocycles. The Hall–Kier alpha value is -2.62. The second kappa shape index (κ2) is 6.71. The molecule has 25 heavy (non-hydrogen) atoms. The minimum Gasteiger partial charge on any atom is -0.333 e. The first-order valence-corrected chi connectivity index (χ1v) is 8.99. The fraction of sp³-hybridized carbons (Fsp3) is 0.333. The molecule has 0 radical (unpaired) electrons. The summed E-state index contributed by atoms with van der Waals surface area (Å²) in [6, 6.07) is 16.4. The van der Waals surface area contributed by atoms with Gasteiger partial charge in [-0.2, -0.15) is 0 Å². The standard InChI is InChI=1S/C21H22N2O2/c24-20-11-4-5-13-22(20)15-21(25)23-14-12-18-17(9-6-10-19(18)23)16-7-2-1-3-8-16/h1-3,6-10H,4-5,11-15H2. The average molecular weight is 334 g/mol. The van der Waals surface area contributed by atoms with E-state index in [1.807, 2.05) is 35.2 Å². The SMILES string of the molecule is O=C1CCCCN1CC(=O)N1CCc2c(-c3ccccc3)cccc21. The van der Waals surface area contributed by atoms with Crippen LogP contribution in [-0.2, 0) is 16.0 Å².